The summed E-state index contributed by atoms with van der Waals surface area (Å²) in [5.41, 5.74) is 0.921. The second kappa shape index (κ2) is 8.76. The summed E-state index contributed by atoms with van der Waals surface area (Å²) in [5, 5.41) is 15.0. The standard InChI is InChI=1S/C20H14F2N4O2S.ClH/c21-20(22,17-5-1-2-9-26(17)28)12-24-19-25-18(27)16(29-19)11-13-6-7-15-14(10-13)4-3-8-23-15;/h1-11H,12H2,(H,24,25,27);1H/b16-11-;. The van der Waals surface area contributed by atoms with Gasteiger partial charge in [0.2, 0.25) is 0 Å². The smallest absolute Gasteiger partial charge is 0.350 e. The number of amidine groups is 1. The van der Waals surface area contributed by atoms with Gasteiger partial charge in [0.25, 0.3) is 11.6 Å². The van der Waals surface area contributed by atoms with Crippen LogP contribution >= 0.6 is 24.2 Å². The zero-order valence-corrected chi connectivity index (χ0v) is 16.9. The molecule has 3 aromatic rings. The third-order valence-corrected chi connectivity index (χ3v) is 5.14. The van der Waals surface area contributed by atoms with E-state index >= 15 is 0 Å². The fraction of sp³-hybridized carbons (Fsp3) is 0.100. The number of fused-ring (bicyclic) bond motifs is 1. The molecule has 1 N–H and O–H groups in total. The van der Waals surface area contributed by atoms with E-state index in [9.17, 15) is 18.8 Å². The van der Waals surface area contributed by atoms with Gasteiger partial charge in [-0.15, -0.1) is 12.4 Å². The van der Waals surface area contributed by atoms with E-state index in [0.717, 1.165) is 40.5 Å². The number of benzene rings is 1. The summed E-state index contributed by atoms with van der Waals surface area (Å²) in [4.78, 5) is 20.5. The average molecular weight is 449 g/mol. The van der Waals surface area contributed by atoms with Crippen LogP contribution in [0.4, 0.5) is 8.78 Å². The topological polar surface area (TPSA) is 81.3 Å². The minimum atomic E-state index is -3.46. The molecule has 0 atom stereocenters. The summed E-state index contributed by atoms with van der Waals surface area (Å²) >= 11 is 0.976. The molecular weight excluding hydrogens is 434 g/mol. The van der Waals surface area contributed by atoms with Crippen LogP contribution < -0.4 is 10.0 Å². The highest BCUT2D eigenvalue weighted by molar-refractivity contribution is 8.18. The first-order chi connectivity index (χ1) is 13.9. The van der Waals surface area contributed by atoms with E-state index in [1.807, 2.05) is 30.3 Å². The van der Waals surface area contributed by atoms with Crippen LogP contribution in [0.5, 0.6) is 0 Å². The summed E-state index contributed by atoms with van der Waals surface area (Å²) in [6, 6.07) is 13.0. The van der Waals surface area contributed by atoms with Crippen molar-refractivity contribution in [3.63, 3.8) is 0 Å². The normalized spacial score (nSPS) is 16.7. The first-order valence-electron chi connectivity index (χ1n) is 8.59. The van der Waals surface area contributed by atoms with Gasteiger partial charge in [0.15, 0.2) is 11.4 Å². The fourth-order valence-corrected chi connectivity index (χ4v) is 3.62. The number of aliphatic imine (C=N–C) groups is 1. The van der Waals surface area contributed by atoms with Gasteiger partial charge >= 0.3 is 5.92 Å². The number of hydrogen-bond acceptors (Lipinski definition) is 5. The Morgan fingerprint density at radius 2 is 2.07 bits per heavy atom. The Labute approximate surface area is 180 Å². The second-order valence-corrected chi connectivity index (χ2v) is 7.29. The zero-order valence-electron chi connectivity index (χ0n) is 15.3. The van der Waals surface area contributed by atoms with Gasteiger partial charge in [-0.3, -0.25) is 14.8 Å². The molecule has 0 saturated carbocycles. The molecule has 0 spiro atoms. The van der Waals surface area contributed by atoms with E-state index in [-0.39, 0.29) is 22.3 Å². The highest BCUT2D eigenvalue weighted by Gasteiger charge is 2.39. The van der Waals surface area contributed by atoms with Gasteiger partial charge in [0.05, 0.1) is 10.4 Å². The van der Waals surface area contributed by atoms with Crippen LogP contribution in [0, 0.1) is 5.21 Å². The minimum Gasteiger partial charge on any atom is -0.618 e. The number of rotatable bonds is 4. The first kappa shape index (κ1) is 21.7. The Hall–Kier alpha value is -3.04. The Morgan fingerprint density at radius 1 is 1.23 bits per heavy atom. The molecule has 10 heteroatoms. The third kappa shape index (κ3) is 4.58. The van der Waals surface area contributed by atoms with Crippen LogP contribution in [0.15, 0.2) is 70.8 Å². The predicted molar refractivity (Wildman–Crippen MR) is 114 cm³/mol. The van der Waals surface area contributed by atoms with Crippen molar-refractivity contribution in [1.82, 2.24) is 10.3 Å². The van der Waals surface area contributed by atoms with Crippen LogP contribution in [-0.4, -0.2) is 22.6 Å². The molecular formula is C20H15ClF2N4O2S. The summed E-state index contributed by atoms with van der Waals surface area (Å²) in [5.74, 6) is -3.87. The molecule has 0 unspecified atom stereocenters. The van der Waals surface area contributed by atoms with Crippen molar-refractivity contribution < 1.29 is 18.3 Å². The van der Waals surface area contributed by atoms with Crippen molar-refractivity contribution in [2.75, 3.05) is 6.54 Å². The summed E-state index contributed by atoms with van der Waals surface area (Å²) in [7, 11) is 0. The SMILES string of the molecule is Cl.O=C1NC(=NCC(F)(F)c2cccc[n+]2[O-])S/C1=C\c1ccc2ncccc2c1. The molecule has 1 aliphatic rings. The Kier molecular flexibility index (Phi) is 6.33. The van der Waals surface area contributed by atoms with E-state index < -0.39 is 24.1 Å². The minimum absolute atomic E-state index is 0. The molecule has 0 radical (unpaired) electrons. The number of nitrogens with one attached hydrogen (secondary N) is 1. The van der Waals surface area contributed by atoms with Crippen LogP contribution in [0.1, 0.15) is 11.3 Å². The van der Waals surface area contributed by atoms with Crippen molar-refractivity contribution in [1.29, 1.82) is 0 Å². The molecule has 1 saturated heterocycles. The van der Waals surface area contributed by atoms with Crippen LogP contribution in [0.3, 0.4) is 0 Å². The maximum atomic E-state index is 14.3. The molecule has 4 rings (SSSR count). The van der Waals surface area contributed by atoms with E-state index in [2.05, 4.69) is 15.3 Å². The Bertz CT molecular complexity index is 1170. The van der Waals surface area contributed by atoms with Gasteiger partial charge in [-0.2, -0.15) is 13.5 Å². The first-order valence-corrected chi connectivity index (χ1v) is 9.41. The van der Waals surface area contributed by atoms with Crippen molar-refractivity contribution >= 4 is 52.2 Å². The highest BCUT2D eigenvalue weighted by Crippen LogP contribution is 2.29. The number of carbonyl (C=O) groups is 1. The van der Waals surface area contributed by atoms with E-state index in [4.69, 9.17) is 0 Å². The van der Waals surface area contributed by atoms with E-state index in [0.29, 0.717) is 4.91 Å². The number of aromatic nitrogens is 2. The molecule has 3 heterocycles. The lowest BCUT2D eigenvalue weighted by atomic mass is 10.1. The number of halogens is 3. The molecule has 1 fully saturated rings. The zero-order chi connectivity index (χ0) is 20.4. The van der Waals surface area contributed by atoms with E-state index in [1.54, 1.807) is 12.3 Å². The van der Waals surface area contributed by atoms with Gasteiger partial charge < -0.3 is 10.5 Å². The number of carbonyl (C=O) groups excluding carboxylic acids is 1. The van der Waals surface area contributed by atoms with Crippen LogP contribution in [0.2, 0.25) is 0 Å². The van der Waals surface area contributed by atoms with Crippen molar-refractivity contribution in [3.8, 4) is 0 Å². The van der Waals surface area contributed by atoms with Gasteiger partial charge in [-0.05, 0) is 47.7 Å². The van der Waals surface area contributed by atoms with Gasteiger partial charge in [0, 0.05) is 23.7 Å². The number of thioether (sulfide) groups is 1. The second-order valence-electron chi connectivity index (χ2n) is 6.26. The molecule has 154 valence electrons. The Balaban J connectivity index is 0.00000256. The number of alkyl halides is 2. The number of amides is 1. The van der Waals surface area contributed by atoms with Crippen molar-refractivity contribution in [3.05, 3.63) is 82.3 Å². The molecule has 2 aromatic heterocycles. The van der Waals surface area contributed by atoms with Crippen LogP contribution in [-0.2, 0) is 10.7 Å². The lowest BCUT2D eigenvalue weighted by molar-refractivity contribution is -0.624. The van der Waals surface area contributed by atoms with Gasteiger partial charge in [-0.25, -0.2) is 0 Å². The molecule has 30 heavy (non-hydrogen) atoms. The highest BCUT2D eigenvalue weighted by atomic mass is 35.5. The average Bonchev–Trinajstić information content (AvgIpc) is 3.06. The summed E-state index contributed by atoms with van der Waals surface area (Å²) in [6.45, 7) is -0.948. The lowest BCUT2D eigenvalue weighted by Gasteiger charge is -2.13. The van der Waals surface area contributed by atoms with E-state index in [1.165, 1.54) is 12.1 Å². The molecule has 1 aliphatic heterocycles. The van der Waals surface area contributed by atoms with Crippen molar-refractivity contribution in [2.24, 2.45) is 4.99 Å². The van der Waals surface area contributed by atoms with Gasteiger partial charge in [0.1, 0.15) is 6.54 Å². The summed E-state index contributed by atoms with van der Waals surface area (Å²) in [6.07, 6.45) is 4.36. The molecule has 0 aliphatic carbocycles. The third-order valence-electron chi connectivity index (χ3n) is 4.20. The predicted octanol–water partition coefficient (Wildman–Crippen LogP) is 3.64. The van der Waals surface area contributed by atoms with Gasteiger partial charge in [-0.1, -0.05) is 12.1 Å². The number of pyridine rings is 2. The maximum absolute atomic E-state index is 14.3. The molecule has 0 bridgehead atoms. The molecule has 1 amide bonds. The summed E-state index contributed by atoms with van der Waals surface area (Å²) < 4.78 is 28.7. The monoisotopic (exact) mass is 448 g/mol. The molecule has 6 nitrogen and oxygen atoms in total. The number of nitrogens with zero attached hydrogens (tertiary/aromatic N) is 3. The largest absolute Gasteiger partial charge is 0.618 e. The lowest BCUT2D eigenvalue weighted by Crippen LogP contribution is -2.39. The van der Waals surface area contributed by atoms with Crippen LogP contribution in [0.25, 0.3) is 17.0 Å². The van der Waals surface area contributed by atoms with Crippen molar-refractivity contribution in [2.45, 2.75) is 5.92 Å². The fourth-order valence-electron chi connectivity index (χ4n) is 2.80. The maximum Gasteiger partial charge on any atom is 0.350 e. The quantitative estimate of drug-likeness (QED) is 0.375. The number of hydrogen-bond donors (Lipinski definition) is 1. The molecule has 1 aromatic carbocycles. The Morgan fingerprint density at radius 3 is 2.87 bits per heavy atom.